The summed E-state index contributed by atoms with van der Waals surface area (Å²) in [6, 6.07) is -0.599. The second-order valence-electron chi connectivity index (χ2n) is 5.25. The summed E-state index contributed by atoms with van der Waals surface area (Å²) in [5.74, 6) is -0.242. The number of hydrogen-bond donors (Lipinski definition) is 2. The van der Waals surface area contributed by atoms with Gasteiger partial charge >= 0.3 is 0 Å². The molecule has 2 rings (SSSR count). The molecule has 8 heteroatoms. The Morgan fingerprint density at radius 2 is 2.05 bits per heavy atom. The number of aromatic nitrogens is 2. The number of anilines is 1. The Bertz CT molecular complexity index is 637. The zero-order valence-corrected chi connectivity index (χ0v) is 14.3. The van der Waals surface area contributed by atoms with Crippen LogP contribution in [-0.4, -0.2) is 27.8 Å². The Labute approximate surface area is 137 Å². The standard InChI is InChI=1S/C14H18N4O2S2/c1-8(2)6-10(12(19)18-14-15-4-5-21-14)17-13(20)11-9(3)16-7-22-11/h4-5,7-8,10H,6H2,1-3H3,(H,17,20)(H,15,18,19)/t10-/m1/s1. The molecule has 0 fully saturated rings. The van der Waals surface area contributed by atoms with Crippen molar-refractivity contribution in [1.82, 2.24) is 15.3 Å². The van der Waals surface area contributed by atoms with E-state index in [1.54, 1.807) is 24.0 Å². The first kappa shape index (κ1) is 16.6. The van der Waals surface area contributed by atoms with Crippen molar-refractivity contribution >= 4 is 39.6 Å². The predicted octanol–water partition coefficient (Wildman–Crippen LogP) is 2.69. The van der Waals surface area contributed by atoms with Gasteiger partial charge in [-0.2, -0.15) is 0 Å². The molecule has 0 aliphatic carbocycles. The van der Waals surface area contributed by atoms with E-state index in [9.17, 15) is 9.59 Å². The van der Waals surface area contributed by atoms with Crippen molar-refractivity contribution < 1.29 is 9.59 Å². The first-order chi connectivity index (χ1) is 10.5. The summed E-state index contributed by atoms with van der Waals surface area (Å²) in [5, 5.41) is 7.85. The van der Waals surface area contributed by atoms with Gasteiger partial charge in [0.1, 0.15) is 10.9 Å². The lowest BCUT2D eigenvalue weighted by molar-refractivity contribution is -0.118. The maximum atomic E-state index is 12.4. The third-order valence-corrected chi connectivity index (χ3v) is 4.56. The van der Waals surface area contributed by atoms with E-state index in [0.29, 0.717) is 22.1 Å². The molecule has 0 radical (unpaired) electrons. The fraction of sp³-hybridized carbons (Fsp3) is 0.429. The highest BCUT2D eigenvalue weighted by Gasteiger charge is 2.24. The monoisotopic (exact) mass is 338 g/mol. The van der Waals surface area contributed by atoms with Gasteiger partial charge < -0.3 is 10.6 Å². The van der Waals surface area contributed by atoms with Crippen LogP contribution in [0.3, 0.4) is 0 Å². The van der Waals surface area contributed by atoms with Crippen LogP contribution in [-0.2, 0) is 4.79 Å². The van der Waals surface area contributed by atoms with Crippen molar-refractivity contribution in [3.63, 3.8) is 0 Å². The minimum atomic E-state index is -0.599. The van der Waals surface area contributed by atoms with Gasteiger partial charge in [0.25, 0.3) is 5.91 Å². The summed E-state index contributed by atoms with van der Waals surface area (Å²) in [6.45, 7) is 5.79. The van der Waals surface area contributed by atoms with Gasteiger partial charge in [-0.25, -0.2) is 9.97 Å². The lowest BCUT2D eigenvalue weighted by atomic mass is 10.0. The number of amides is 2. The molecule has 1 atom stereocenters. The first-order valence-corrected chi connectivity index (χ1v) is 8.64. The second-order valence-corrected chi connectivity index (χ2v) is 7.00. The van der Waals surface area contributed by atoms with Crippen molar-refractivity contribution in [2.45, 2.75) is 33.2 Å². The van der Waals surface area contributed by atoms with Gasteiger partial charge in [-0.05, 0) is 19.3 Å². The van der Waals surface area contributed by atoms with Crippen LogP contribution in [0.4, 0.5) is 5.13 Å². The van der Waals surface area contributed by atoms with Crippen LogP contribution in [0, 0.1) is 12.8 Å². The van der Waals surface area contributed by atoms with Crippen LogP contribution in [0.5, 0.6) is 0 Å². The largest absolute Gasteiger partial charge is 0.339 e. The molecule has 0 saturated carbocycles. The Morgan fingerprint density at radius 3 is 2.59 bits per heavy atom. The number of nitrogens with zero attached hydrogens (tertiary/aromatic N) is 2. The van der Waals surface area contributed by atoms with Crippen molar-refractivity contribution in [2.75, 3.05) is 5.32 Å². The number of nitrogens with one attached hydrogen (secondary N) is 2. The van der Waals surface area contributed by atoms with Crippen LogP contribution >= 0.6 is 22.7 Å². The lowest BCUT2D eigenvalue weighted by Gasteiger charge is -2.19. The van der Waals surface area contributed by atoms with Crippen molar-refractivity contribution in [2.24, 2.45) is 5.92 Å². The quantitative estimate of drug-likeness (QED) is 0.848. The van der Waals surface area contributed by atoms with Gasteiger partial charge in [0, 0.05) is 11.6 Å². The van der Waals surface area contributed by atoms with Gasteiger partial charge in [-0.15, -0.1) is 22.7 Å². The molecule has 0 spiro atoms. The van der Waals surface area contributed by atoms with Crippen molar-refractivity contribution in [3.8, 4) is 0 Å². The number of carbonyl (C=O) groups is 2. The molecule has 0 aromatic carbocycles. The van der Waals surface area contributed by atoms with E-state index in [1.165, 1.54) is 22.7 Å². The fourth-order valence-corrected chi connectivity index (χ4v) is 3.16. The summed E-state index contributed by atoms with van der Waals surface area (Å²) < 4.78 is 0. The summed E-state index contributed by atoms with van der Waals surface area (Å²) in [5.41, 5.74) is 2.29. The minimum absolute atomic E-state index is 0.251. The smallest absolute Gasteiger partial charge is 0.263 e. The molecule has 2 N–H and O–H groups in total. The normalized spacial score (nSPS) is 12.2. The maximum Gasteiger partial charge on any atom is 0.263 e. The molecule has 2 amide bonds. The zero-order chi connectivity index (χ0) is 16.1. The molecule has 118 valence electrons. The summed E-state index contributed by atoms with van der Waals surface area (Å²) in [6.07, 6.45) is 2.18. The molecular weight excluding hydrogens is 320 g/mol. The SMILES string of the molecule is Cc1ncsc1C(=O)N[C@H](CC(C)C)C(=O)Nc1nccs1. The van der Waals surface area contributed by atoms with Gasteiger partial charge in [-0.1, -0.05) is 13.8 Å². The molecule has 0 saturated heterocycles. The molecule has 0 unspecified atom stereocenters. The van der Waals surface area contributed by atoms with Crippen molar-refractivity contribution in [3.05, 3.63) is 27.7 Å². The summed E-state index contributed by atoms with van der Waals surface area (Å²) in [7, 11) is 0. The molecule has 0 bridgehead atoms. The van der Waals surface area contributed by atoms with Crippen LogP contribution in [0.2, 0.25) is 0 Å². The average molecular weight is 338 g/mol. The predicted molar refractivity (Wildman–Crippen MR) is 88.3 cm³/mol. The molecule has 22 heavy (non-hydrogen) atoms. The average Bonchev–Trinajstić information content (AvgIpc) is 3.08. The summed E-state index contributed by atoms with van der Waals surface area (Å²) >= 11 is 2.61. The Balaban J connectivity index is 2.07. The third kappa shape index (κ3) is 4.35. The molecule has 6 nitrogen and oxygen atoms in total. The Hall–Kier alpha value is -1.80. The minimum Gasteiger partial charge on any atom is -0.339 e. The molecule has 2 aromatic rings. The molecular formula is C14H18N4O2S2. The first-order valence-electron chi connectivity index (χ1n) is 6.88. The van der Waals surface area contributed by atoms with E-state index < -0.39 is 6.04 Å². The van der Waals surface area contributed by atoms with E-state index in [1.807, 2.05) is 13.8 Å². The molecule has 0 aliphatic rings. The molecule has 2 aromatic heterocycles. The highest BCUT2D eigenvalue weighted by Crippen LogP contribution is 2.15. The number of rotatable bonds is 6. The Kier molecular flexibility index (Phi) is 5.62. The highest BCUT2D eigenvalue weighted by atomic mass is 32.1. The highest BCUT2D eigenvalue weighted by molar-refractivity contribution is 7.13. The number of hydrogen-bond acceptors (Lipinski definition) is 6. The third-order valence-electron chi connectivity index (χ3n) is 2.94. The van der Waals surface area contributed by atoms with Gasteiger partial charge in [0.05, 0.1) is 11.2 Å². The van der Waals surface area contributed by atoms with Gasteiger partial charge in [0.2, 0.25) is 5.91 Å². The van der Waals surface area contributed by atoms with Crippen LogP contribution < -0.4 is 10.6 Å². The van der Waals surface area contributed by atoms with Crippen LogP contribution in [0.25, 0.3) is 0 Å². The van der Waals surface area contributed by atoms with Crippen molar-refractivity contribution in [1.29, 1.82) is 0 Å². The van der Waals surface area contributed by atoms with E-state index >= 15 is 0 Å². The van der Waals surface area contributed by atoms with E-state index in [0.717, 1.165) is 0 Å². The lowest BCUT2D eigenvalue weighted by Crippen LogP contribution is -2.44. The van der Waals surface area contributed by atoms with E-state index in [4.69, 9.17) is 0 Å². The van der Waals surface area contributed by atoms with Crippen LogP contribution in [0.1, 0.15) is 35.6 Å². The molecule has 0 aliphatic heterocycles. The molecule has 2 heterocycles. The zero-order valence-electron chi connectivity index (χ0n) is 12.6. The maximum absolute atomic E-state index is 12.4. The van der Waals surface area contributed by atoms with Gasteiger partial charge in [-0.3, -0.25) is 9.59 Å². The number of carbonyl (C=O) groups excluding carboxylic acids is 2. The van der Waals surface area contributed by atoms with Gasteiger partial charge in [0.15, 0.2) is 5.13 Å². The van der Waals surface area contributed by atoms with E-state index in [2.05, 4.69) is 20.6 Å². The second kappa shape index (κ2) is 7.46. The Morgan fingerprint density at radius 1 is 1.27 bits per heavy atom. The summed E-state index contributed by atoms with van der Waals surface area (Å²) in [4.78, 5) is 33.3. The number of aryl methyl sites for hydroxylation is 1. The number of thiazole rings is 2. The van der Waals surface area contributed by atoms with E-state index in [-0.39, 0.29) is 17.7 Å². The topological polar surface area (TPSA) is 84.0 Å². The fourth-order valence-electron chi connectivity index (χ4n) is 1.92. The van der Waals surface area contributed by atoms with Crippen LogP contribution in [0.15, 0.2) is 17.1 Å².